The quantitative estimate of drug-likeness (QED) is 0.740. The number of nitrogens with two attached hydrogens (primary N) is 1. The van der Waals surface area contributed by atoms with E-state index in [9.17, 15) is 8.78 Å². The number of hydrogen-bond acceptors (Lipinski definition) is 2. The van der Waals surface area contributed by atoms with Crippen molar-refractivity contribution in [3.8, 4) is 5.69 Å². The highest BCUT2D eigenvalue weighted by Crippen LogP contribution is 2.28. The van der Waals surface area contributed by atoms with Crippen LogP contribution >= 0.6 is 11.6 Å². The lowest BCUT2D eigenvalue weighted by Crippen LogP contribution is -2.03. The highest BCUT2D eigenvalue weighted by molar-refractivity contribution is 6.30. The van der Waals surface area contributed by atoms with E-state index in [-0.39, 0.29) is 16.7 Å². The molecule has 0 amide bonds. The van der Waals surface area contributed by atoms with E-state index in [1.165, 1.54) is 34.9 Å². The smallest absolute Gasteiger partial charge is 0.206 e. The van der Waals surface area contributed by atoms with Crippen molar-refractivity contribution in [2.75, 3.05) is 5.73 Å². The number of hydrogen-bond donors (Lipinski definition) is 1. The summed E-state index contributed by atoms with van der Waals surface area (Å²) in [4.78, 5) is 4.01. The molecule has 96 valence electrons. The van der Waals surface area contributed by atoms with Crippen molar-refractivity contribution in [2.24, 2.45) is 0 Å². The maximum atomic E-state index is 14.0. The van der Waals surface area contributed by atoms with Gasteiger partial charge in [0.1, 0.15) is 5.82 Å². The lowest BCUT2D eigenvalue weighted by Gasteiger charge is -2.08. The molecular formula is C13H8ClF2N3. The number of aromatic nitrogens is 2. The second-order valence-electron chi connectivity index (χ2n) is 4.01. The standard InChI is InChI=1S/C13H8ClF2N3/c14-8-2-1-3-11(12(8)16)19-10-5-4-7(15)6-9(10)18-13(19)17/h1-6H,(H2,17,18). The van der Waals surface area contributed by atoms with Crippen molar-refractivity contribution in [3.05, 3.63) is 53.1 Å². The largest absolute Gasteiger partial charge is 0.369 e. The molecule has 2 N–H and O–H groups in total. The lowest BCUT2D eigenvalue weighted by atomic mass is 10.2. The molecule has 0 aliphatic rings. The Morgan fingerprint density at radius 2 is 1.95 bits per heavy atom. The van der Waals surface area contributed by atoms with E-state index in [1.807, 2.05) is 0 Å². The predicted molar refractivity (Wildman–Crippen MR) is 70.4 cm³/mol. The molecule has 3 nitrogen and oxygen atoms in total. The summed E-state index contributed by atoms with van der Waals surface area (Å²) in [7, 11) is 0. The second kappa shape index (κ2) is 4.20. The van der Waals surface area contributed by atoms with E-state index in [0.29, 0.717) is 11.0 Å². The van der Waals surface area contributed by atoms with Gasteiger partial charge in [-0.2, -0.15) is 0 Å². The van der Waals surface area contributed by atoms with Crippen LogP contribution in [0.2, 0.25) is 5.02 Å². The molecule has 0 saturated heterocycles. The molecule has 2 aromatic carbocycles. The molecule has 0 bridgehead atoms. The number of benzene rings is 2. The number of fused-ring (bicyclic) bond motifs is 1. The Hall–Kier alpha value is -2.14. The van der Waals surface area contributed by atoms with Gasteiger partial charge in [0.25, 0.3) is 0 Å². The summed E-state index contributed by atoms with van der Waals surface area (Å²) < 4.78 is 28.6. The van der Waals surface area contributed by atoms with Crippen LogP contribution in [0.25, 0.3) is 16.7 Å². The average Bonchev–Trinajstić information content (AvgIpc) is 2.68. The summed E-state index contributed by atoms with van der Waals surface area (Å²) >= 11 is 5.75. The first-order valence-electron chi connectivity index (χ1n) is 5.46. The van der Waals surface area contributed by atoms with Crippen molar-refractivity contribution >= 4 is 28.6 Å². The van der Waals surface area contributed by atoms with E-state index < -0.39 is 11.6 Å². The van der Waals surface area contributed by atoms with Gasteiger partial charge in [-0.3, -0.25) is 4.57 Å². The van der Waals surface area contributed by atoms with Gasteiger partial charge in [0.2, 0.25) is 5.95 Å². The Morgan fingerprint density at radius 3 is 2.74 bits per heavy atom. The molecule has 0 atom stereocenters. The molecule has 19 heavy (non-hydrogen) atoms. The van der Waals surface area contributed by atoms with E-state index in [0.717, 1.165) is 0 Å². The summed E-state index contributed by atoms with van der Waals surface area (Å²) in [5.41, 5.74) is 6.83. The van der Waals surface area contributed by atoms with Crippen LogP contribution in [0.5, 0.6) is 0 Å². The van der Waals surface area contributed by atoms with Gasteiger partial charge >= 0.3 is 0 Å². The van der Waals surface area contributed by atoms with Crippen LogP contribution < -0.4 is 5.73 Å². The minimum Gasteiger partial charge on any atom is -0.369 e. The fourth-order valence-electron chi connectivity index (χ4n) is 1.99. The van der Waals surface area contributed by atoms with Gasteiger partial charge in [0.15, 0.2) is 5.82 Å². The number of nitrogen functional groups attached to an aromatic ring is 1. The van der Waals surface area contributed by atoms with Crippen LogP contribution in [-0.4, -0.2) is 9.55 Å². The van der Waals surface area contributed by atoms with Crippen molar-refractivity contribution in [1.82, 2.24) is 9.55 Å². The number of rotatable bonds is 1. The number of nitrogens with zero attached hydrogens (tertiary/aromatic N) is 2. The van der Waals surface area contributed by atoms with Gasteiger partial charge in [-0.05, 0) is 24.3 Å². The van der Waals surface area contributed by atoms with Crippen molar-refractivity contribution in [1.29, 1.82) is 0 Å². The Bertz CT molecular complexity index is 783. The zero-order chi connectivity index (χ0) is 13.6. The van der Waals surface area contributed by atoms with Crippen LogP contribution in [0.1, 0.15) is 0 Å². The molecule has 0 radical (unpaired) electrons. The van der Waals surface area contributed by atoms with Crippen LogP contribution in [0.15, 0.2) is 36.4 Å². The maximum Gasteiger partial charge on any atom is 0.206 e. The molecule has 0 unspecified atom stereocenters. The predicted octanol–water partition coefficient (Wildman–Crippen LogP) is 3.54. The average molecular weight is 280 g/mol. The molecule has 3 rings (SSSR count). The Kier molecular flexibility index (Phi) is 2.64. The van der Waals surface area contributed by atoms with Gasteiger partial charge in [-0.25, -0.2) is 13.8 Å². The molecule has 1 heterocycles. The van der Waals surface area contributed by atoms with Gasteiger partial charge in [-0.15, -0.1) is 0 Å². The highest BCUT2D eigenvalue weighted by atomic mass is 35.5. The van der Waals surface area contributed by atoms with E-state index >= 15 is 0 Å². The second-order valence-corrected chi connectivity index (χ2v) is 4.42. The number of anilines is 1. The Labute approximate surface area is 112 Å². The molecule has 0 aliphatic carbocycles. The van der Waals surface area contributed by atoms with Gasteiger partial charge in [-0.1, -0.05) is 17.7 Å². The summed E-state index contributed by atoms with van der Waals surface area (Å²) in [6, 6.07) is 8.58. The van der Waals surface area contributed by atoms with Gasteiger partial charge < -0.3 is 5.73 Å². The van der Waals surface area contributed by atoms with E-state index in [2.05, 4.69) is 4.98 Å². The molecular weight excluding hydrogens is 272 g/mol. The maximum absolute atomic E-state index is 14.0. The normalized spacial score (nSPS) is 11.1. The van der Waals surface area contributed by atoms with Gasteiger partial charge in [0, 0.05) is 6.07 Å². The fraction of sp³-hybridized carbons (Fsp3) is 0. The monoisotopic (exact) mass is 279 g/mol. The first-order valence-corrected chi connectivity index (χ1v) is 5.83. The van der Waals surface area contributed by atoms with E-state index in [4.69, 9.17) is 17.3 Å². The molecule has 0 spiro atoms. The van der Waals surface area contributed by atoms with Crippen molar-refractivity contribution < 1.29 is 8.78 Å². The molecule has 0 fully saturated rings. The van der Waals surface area contributed by atoms with Crippen LogP contribution in [0.3, 0.4) is 0 Å². The first kappa shape index (κ1) is 11.9. The molecule has 0 aliphatic heterocycles. The van der Waals surface area contributed by atoms with Crippen LogP contribution in [0, 0.1) is 11.6 Å². The summed E-state index contributed by atoms with van der Waals surface area (Å²) in [6.07, 6.45) is 0. The summed E-state index contributed by atoms with van der Waals surface area (Å²) in [5.74, 6) is -0.954. The fourth-order valence-corrected chi connectivity index (χ4v) is 2.16. The van der Waals surface area contributed by atoms with E-state index in [1.54, 1.807) is 6.07 Å². The minimum absolute atomic E-state index is 0.0131. The molecule has 6 heteroatoms. The SMILES string of the molecule is Nc1nc2cc(F)ccc2n1-c1cccc(Cl)c1F. The van der Waals surface area contributed by atoms with Crippen LogP contribution in [0.4, 0.5) is 14.7 Å². The molecule has 0 saturated carbocycles. The van der Waals surface area contributed by atoms with Crippen LogP contribution in [-0.2, 0) is 0 Å². The first-order chi connectivity index (χ1) is 9.08. The Morgan fingerprint density at radius 1 is 1.16 bits per heavy atom. The third-order valence-corrected chi connectivity index (χ3v) is 3.11. The molecule has 1 aromatic heterocycles. The van der Waals surface area contributed by atoms with Gasteiger partial charge in [0.05, 0.1) is 21.7 Å². The van der Waals surface area contributed by atoms with Crippen molar-refractivity contribution in [3.63, 3.8) is 0 Å². The third kappa shape index (κ3) is 1.82. The summed E-state index contributed by atoms with van der Waals surface area (Å²) in [6.45, 7) is 0. The topological polar surface area (TPSA) is 43.8 Å². The Balaban J connectivity index is 2.36. The number of halogens is 3. The highest BCUT2D eigenvalue weighted by Gasteiger charge is 2.15. The van der Waals surface area contributed by atoms with Crippen molar-refractivity contribution in [2.45, 2.75) is 0 Å². The minimum atomic E-state index is -0.598. The zero-order valence-corrected chi connectivity index (χ0v) is 10.3. The molecule has 3 aromatic rings. The number of imidazole rings is 1. The third-order valence-electron chi connectivity index (χ3n) is 2.81. The summed E-state index contributed by atoms with van der Waals surface area (Å²) in [5, 5.41) is -0.0131. The zero-order valence-electron chi connectivity index (χ0n) is 9.57. The lowest BCUT2D eigenvalue weighted by molar-refractivity contribution is 0.620.